The van der Waals surface area contributed by atoms with E-state index in [1.807, 2.05) is 19.9 Å². The molecule has 2 aromatic rings. The van der Waals surface area contributed by atoms with Crippen molar-refractivity contribution in [3.63, 3.8) is 0 Å². The number of benzene rings is 2. The largest absolute Gasteiger partial charge is 0.493 e. The summed E-state index contributed by atoms with van der Waals surface area (Å²) in [5, 5.41) is 3.07. The van der Waals surface area contributed by atoms with Gasteiger partial charge < -0.3 is 14.8 Å². The first-order valence-electron chi connectivity index (χ1n) is 11.2. The number of ether oxygens (including phenoxy) is 2. The molecule has 32 heavy (non-hydrogen) atoms. The van der Waals surface area contributed by atoms with Gasteiger partial charge in [-0.3, -0.25) is 4.90 Å². The second-order valence-corrected chi connectivity index (χ2v) is 9.81. The number of piperidine rings is 3. The molecule has 1 N–H and O–H groups in total. The number of hydrogen-bond donors (Lipinski definition) is 1. The van der Waals surface area contributed by atoms with Crippen LogP contribution in [0.1, 0.15) is 38.3 Å². The zero-order valence-corrected chi connectivity index (χ0v) is 18.4. The van der Waals surface area contributed by atoms with Crippen LogP contribution in [0.5, 0.6) is 5.75 Å². The van der Waals surface area contributed by atoms with Crippen molar-refractivity contribution in [2.24, 2.45) is 11.3 Å². The number of fused-ring (bicyclic) bond motifs is 4. The fourth-order valence-electron chi connectivity index (χ4n) is 5.16. The number of carbonyl (C=O) groups excluding carboxylic acids is 1. The molecule has 4 heterocycles. The van der Waals surface area contributed by atoms with Gasteiger partial charge in [-0.1, -0.05) is 26.0 Å². The molecule has 3 fully saturated rings. The standard InChI is InChI=1S/C25H28F2N2O3/c1-25(2)14-31-21-11-16(18-6-4-17(26)12-20(18)27)3-5-19(21)23(25)28-24(30)32-22-13-29-9-7-15(22)8-10-29/h3-6,11-12,15,22-23H,7-10,13-14H2,1-2H3,(H,28,30)/t22-,23?/m0/s1. The van der Waals surface area contributed by atoms with Gasteiger partial charge in [0.05, 0.1) is 12.6 Å². The van der Waals surface area contributed by atoms with Crippen LogP contribution in [0, 0.1) is 23.0 Å². The third kappa shape index (κ3) is 3.94. The van der Waals surface area contributed by atoms with E-state index in [4.69, 9.17) is 9.47 Å². The lowest BCUT2D eigenvalue weighted by atomic mass is 9.78. The Bertz CT molecular complexity index is 1030. The van der Waals surface area contributed by atoms with E-state index >= 15 is 0 Å². The molecule has 7 heteroatoms. The summed E-state index contributed by atoms with van der Waals surface area (Å²) in [5.74, 6) is -0.225. The minimum Gasteiger partial charge on any atom is -0.493 e. The van der Waals surface area contributed by atoms with Crippen molar-refractivity contribution < 1.29 is 23.0 Å². The molecule has 0 radical (unpaired) electrons. The highest BCUT2D eigenvalue weighted by Crippen LogP contribution is 2.44. The fraction of sp³-hybridized carbons (Fsp3) is 0.480. The second-order valence-electron chi connectivity index (χ2n) is 9.81. The van der Waals surface area contributed by atoms with Gasteiger partial charge in [0.25, 0.3) is 0 Å². The molecule has 170 valence electrons. The van der Waals surface area contributed by atoms with Crippen LogP contribution in [0.25, 0.3) is 11.1 Å². The average molecular weight is 443 g/mol. The van der Waals surface area contributed by atoms with Gasteiger partial charge in [0.1, 0.15) is 23.5 Å². The van der Waals surface area contributed by atoms with E-state index < -0.39 is 17.7 Å². The first kappa shape index (κ1) is 21.2. The lowest BCUT2D eigenvalue weighted by Crippen LogP contribution is -2.53. The van der Waals surface area contributed by atoms with E-state index in [0.29, 0.717) is 29.4 Å². The number of carbonyl (C=O) groups is 1. The smallest absolute Gasteiger partial charge is 0.407 e. The zero-order valence-electron chi connectivity index (χ0n) is 18.4. The molecule has 1 unspecified atom stereocenters. The molecule has 0 aliphatic carbocycles. The number of hydrogen-bond acceptors (Lipinski definition) is 4. The molecule has 6 rings (SSSR count). The number of halogens is 2. The molecular weight excluding hydrogens is 414 g/mol. The van der Waals surface area contributed by atoms with Crippen LogP contribution in [0.3, 0.4) is 0 Å². The number of alkyl carbamates (subject to hydrolysis) is 1. The van der Waals surface area contributed by atoms with E-state index in [9.17, 15) is 13.6 Å². The van der Waals surface area contributed by atoms with E-state index in [-0.39, 0.29) is 17.6 Å². The van der Waals surface area contributed by atoms with E-state index in [1.165, 1.54) is 12.1 Å². The van der Waals surface area contributed by atoms with Crippen LogP contribution < -0.4 is 10.1 Å². The second kappa shape index (κ2) is 8.03. The van der Waals surface area contributed by atoms with Crippen molar-refractivity contribution in [1.29, 1.82) is 0 Å². The predicted octanol–water partition coefficient (Wildman–Crippen LogP) is 4.91. The fourth-order valence-corrected chi connectivity index (χ4v) is 5.16. The first-order valence-corrected chi connectivity index (χ1v) is 11.2. The van der Waals surface area contributed by atoms with Crippen molar-refractivity contribution >= 4 is 6.09 Å². The van der Waals surface area contributed by atoms with Gasteiger partial charge in [-0.15, -0.1) is 0 Å². The minimum absolute atomic E-state index is 0.0660. The number of nitrogens with zero attached hydrogens (tertiary/aromatic N) is 1. The zero-order chi connectivity index (χ0) is 22.5. The van der Waals surface area contributed by atoms with E-state index in [0.717, 1.165) is 44.1 Å². The topological polar surface area (TPSA) is 50.8 Å². The summed E-state index contributed by atoms with van der Waals surface area (Å²) in [7, 11) is 0. The van der Waals surface area contributed by atoms with Crippen molar-refractivity contribution in [2.45, 2.75) is 38.8 Å². The van der Waals surface area contributed by atoms with Crippen LogP contribution in [-0.2, 0) is 4.74 Å². The number of nitrogens with one attached hydrogen (secondary N) is 1. The lowest BCUT2D eigenvalue weighted by molar-refractivity contribution is -0.0361. The molecule has 3 saturated heterocycles. The number of amides is 1. The molecule has 1 amide bonds. The third-order valence-electron chi connectivity index (χ3n) is 7.06. The highest BCUT2D eigenvalue weighted by Gasteiger charge is 2.41. The first-order chi connectivity index (χ1) is 15.3. The van der Waals surface area contributed by atoms with Crippen molar-refractivity contribution in [2.75, 3.05) is 26.2 Å². The molecule has 4 aliphatic heterocycles. The van der Waals surface area contributed by atoms with Gasteiger partial charge >= 0.3 is 6.09 Å². The van der Waals surface area contributed by atoms with Gasteiger partial charge in [0, 0.05) is 29.2 Å². The summed E-state index contributed by atoms with van der Waals surface area (Å²) in [6, 6.07) is 8.56. The summed E-state index contributed by atoms with van der Waals surface area (Å²) in [4.78, 5) is 15.2. The predicted molar refractivity (Wildman–Crippen MR) is 116 cm³/mol. The summed E-state index contributed by atoms with van der Waals surface area (Å²) in [6.07, 6.45) is 1.67. The van der Waals surface area contributed by atoms with Crippen molar-refractivity contribution in [3.05, 3.63) is 53.6 Å². The van der Waals surface area contributed by atoms with E-state index in [1.54, 1.807) is 12.1 Å². The van der Waals surface area contributed by atoms with Crippen LogP contribution in [0.4, 0.5) is 13.6 Å². The Labute approximate surface area is 186 Å². The molecule has 5 nitrogen and oxygen atoms in total. The highest BCUT2D eigenvalue weighted by atomic mass is 19.1. The van der Waals surface area contributed by atoms with Crippen LogP contribution in [0.2, 0.25) is 0 Å². The quantitative estimate of drug-likeness (QED) is 0.734. The summed E-state index contributed by atoms with van der Waals surface area (Å²) < 4.78 is 39.4. The third-order valence-corrected chi connectivity index (χ3v) is 7.06. The molecule has 2 aromatic carbocycles. The van der Waals surface area contributed by atoms with Crippen LogP contribution >= 0.6 is 0 Å². The summed E-state index contributed by atoms with van der Waals surface area (Å²) in [5.41, 5.74) is 1.35. The van der Waals surface area contributed by atoms with Crippen LogP contribution in [-0.4, -0.2) is 43.3 Å². The molecule has 4 aliphatic rings. The molecule has 2 bridgehead atoms. The molecule has 0 spiro atoms. The van der Waals surface area contributed by atoms with Gasteiger partial charge in [-0.25, -0.2) is 13.6 Å². The van der Waals surface area contributed by atoms with Gasteiger partial charge in [0.2, 0.25) is 0 Å². The maximum atomic E-state index is 14.3. The summed E-state index contributed by atoms with van der Waals surface area (Å²) >= 11 is 0. The normalized spacial score (nSPS) is 27.9. The number of rotatable bonds is 3. The Kier molecular flexibility index (Phi) is 5.32. The Balaban J connectivity index is 1.36. The Morgan fingerprint density at radius 2 is 1.94 bits per heavy atom. The van der Waals surface area contributed by atoms with Crippen molar-refractivity contribution in [1.82, 2.24) is 10.2 Å². The maximum Gasteiger partial charge on any atom is 0.407 e. The average Bonchev–Trinajstić information content (AvgIpc) is 2.76. The van der Waals surface area contributed by atoms with Crippen molar-refractivity contribution in [3.8, 4) is 16.9 Å². The van der Waals surface area contributed by atoms with Gasteiger partial charge in [-0.05, 0) is 55.6 Å². The Hall–Kier alpha value is -2.67. The van der Waals surface area contributed by atoms with Gasteiger partial charge in [0.15, 0.2) is 0 Å². The Morgan fingerprint density at radius 1 is 1.16 bits per heavy atom. The molecule has 2 atom stereocenters. The minimum atomic E-state index is -0.628. The van der Waals surface area contributed by atoms with Crippen LogP contribution in [0.15, 0.2) is 36.4 Å². The summed E-state index contributed by atoms with van der Waals surface area (Å²) in [6.45, 7) is 7.43. The lowest BCUT2D eigenvalue weighted by Gasteiger charge is -2.44. The molecular formula is C25H28F2N2O3. The van der Waals surface area contributed by atoms with Gasteiger partial charge in [-0.2, -0.15) is 0 Å². The monoisotopic (exact) mass is 442 g/mol. The van der Waals surface area contributed by atoms with E-state index in [2.05, 4.69) is 10.2 Å². The Morgan fingerprint density at radius 3 is 2.62 bits per heavy atom. The highest BCUT2D eigenvalue weighted by molar-refractivity contribution is 5.70. The molecule has 0 aromatic heterocycles. The maximum absolute atomic E-state index is 14.3. The SMILES string of the molecule is CC1(C)COc2cc(-c3ccc(F)cc3F)ccc2C1NC(=O)O[C@H]1CN2CCC1CC2. The molecule has 0 saturated carbocycles.